The minimum Gasteiger partial charge on any atom is -0.444 e. The van der Waals surface area contributed by atoms with Crippen molar-refractivity contribution in [1.82, 2.24) is 15.5 Å². The Morgan fingerprint density at radius 1 is 0.792 bits per heavy atom. The molecule has 0 rings (SSSR count). The van der Waals surface area contributed by atoms with Gasteiger partial charge < -0.3 is 20.1 Å². The second kappa shape index (κ2) is 10.4. The van der Waals surface area contributed by atoms with Gasteiger partial charge in [0.25, 0.3) is 0 Å². The van der Waals surface area contributed by atoms with Gasteiger partial charge in [0.15, 0.2) is 0 Å². The van der Waals surface area contributed by atoms with Gasteiger partial charge in [-0.05, 0) is 54.5 Å². The first-order valence-electron chi connectivity index (χ1n) is 8.59. The van der Waals surface area contributed by atoms with Crippen molar-refractivity contribution >= 4 is 12.2 Å². The molecule has 0 saturated heterocycles. The van der Waals surface area contributed by atoms with Crippen molar-refractivity contribution in [2.75, 3.05) is 32.7 Å². The van der Waals surface area contributed by atoms with Crippen molar-refractivity contribution in [2.45, 2.75) is 66.1 Å². The van der Waals surface area contributed by atoms with Crippen LogP contribution in [0.3, 0.4) is 0 Å². The van der Waals surface area contributed by atoms with E-state index in [4.69, 9.17) is 9.47 Å². The topological polar surface area (TPSA) is 79.9 Å². The molecule has 0 atom stereocenters. The van der Waals surface area contributed by atoms with Gasteiger partial charge in [-0.1, -0.05) is 6.92 Å². The molecule has 0 spiro atoms. The Morgan fingerprint density at radius 3 is 1.46 bits per heavy atom. The third kappa shape index (κ3) is 14.1. The maximum Gasteiger partial charge on any atom is 0.407 e. The zero-order valence-corrected chi connectivity index (χ0v) is 16.3. The number of hydrogen-bond acceptors (Lipinski definition) is 5. The quantitative estimate of drug-likeness (QED) is 0.707. The smallest absolute Gasteiger partial charge is 0.407 e. The summed E-state index contributed by atoms with van der Waals surface area (Å²) >= 11 is 0. The predicted octanol–water partition coefficient (Wildman–Crippen LogP) is 2.75. The van der Waals surface area contributed by atoms with Crippen LogP contribution in [0.2, 0.25) is 0 Å². The monoisotopic (exact) mass is 345 g/mol. The summed E-state index contributed by atoms with van der Waals surface area (Å²) in [6.07, 6.45) is 0.176. The highest BCUT2D eigenvalue weighted by molar-refractivity contribution is 5.68. The molecule has 0 radical (unpaired) electrons. The van der Waals surface area contributed by atoms with Gasteiger partial charge in [-0.3, -0.25) is 4.90 Å². The molecule has 0 saturated carbocycles. The van der Waals surface area contributed by atoms with Gasteiger partial charge in [-0.25, -0.2) is 9.59 Å². The van der Waals surface area contributed by atoms with Crippen molar-refractivity contribution in [1.29, 1.82) is 0 Å². The molecule has 142 valence electrons. The van der Waals surface area contributed by atoms with Crippen LogP contribution in [-0.2, 0) is 9.47 Å². The minimum absolute atomic E-state index is 0.411. The molecule has 0 aliphatic carbocycles. The SMILES string of the molecule is CCCN(CCNC(=O)OC(C)(C)C)CCNC(=O)OC(C)(C)C. The van der Waals surface area contributed by atoms with E-state index in [0.717, 1.165) is 13.0 Å². The average Bonchev–Trinajstić information content (AvgIpc) is 2.34. The van der Waals surface area contributed by atoms with Gasteiger partial charge >= 0.3 is 12.2 Å². The van der Waals surface area contributed by atoms with Crippen molar-refractivity contribution in [2.24, 2.45) is 0 Å². The van der Waals surface area contributed by atoms with Crippen LogP contribution in [0.1, 0.15) is 54.9 Å². The van der Waals surface area contributed by atoms with Crippen LogP contribution in [0.15, 0.2) is 0 Å². The van der Waals surface area contributed by atoms with Crippen molar-refractivity contribution in [3.05, 3.63) is 0 Å². The Balaban J connectivity index is 4.05. The molecule has 0 aromatic rings. The number of carbonyl (C=O) groups excluding carboxylic acids is 2. The van der Waals surface area contributed by atoms with Crippen molar-refractivity contribution < 1.29 is 19.1 Å². The highest BCUT2D eigenvalue weighted by Gasteiger charge is 2.17. The van der Waals surface area contributed by atoms with E-state index in [1.807, 2.05) is 41.5 Å². The number of carbonyl (C=O) groups is 2. The molecule has 0 aromatic heterocycles. The lowest BCUT2D eigenvalue weighted by Gasteiger charge is -2.24. The van der Waals surface area contributed by atoms with E-state index in [-0.39, 0.29) is 0 Å². The summed E-state index contributed by atoms with van der Waals surface area (Å²) in [7, 11) is 0. The summed E-state index contributed by atoms with van der Waals surface area (Å²) in [6, 6.07) is 0. The van der Waals surface area contributed by atoms with E-state index in [0.29, 0.717) is 26.2 Å². The van der Waals surface area contributed by atoms with Crippen molar-refractivity contribution in [3.63, 3.8) is 0 Å². The van der Waals surface area contributed by atoms with E-state index in [2.05, 4.69) is 22.5 Å². The number of amides is 2. The Morgan fingerprint density at radius 2 is 1.17 bits per heavy atom. The number of nitrogens with one attached hydrogen (secondary N) is 2. The lowest BCUT2D eigenvalue weighted by Crippen LogP contribution is -2.42. The van der Waals surface area contributed by atoms with Crippen LogP contribution in [0, 0.1) is 0 Å². The van der Waals surface area contributed by atoms with Crippen LogP contribution in [0.4, 0.5) is 9.59 Å². The normalized spacial score (nSPS) is 12.0. The van der Waals surface area contributed by atoms with E-state index >= 15 is 0 Å². The summed E-state index contributed by atoms with van der Waals surface area (Å²) in [5, 5.41) is 5.49. The minimum atomic E-state index is -0.496. The summed E-state index contributed by atoms with van der Waals surface area (Å²) in [6.45, 7) is 16.4. The summed E-state index contributed by atoms with van der Waals surface area (Å²) in [5.41, 5.74) is -0.991. The Hall–Kier alpha value is -1.50. The first-order chi connectivity index (χ1) is 10.9. The second-order valence-electron chi connectivity index (χ2n) is 7.70. The third-order valence-electron chi connectivity index (χ3n) is 2.73. The van der Waals surface area contributed by atoms with Gasteiger partial charge in [0.05, 0.1) is 0 Å². The summed E-state index contributed by atoms with van der Waals surface area (Å²) in [4.78, 5) is 25.4. The zero-order chi connectivity index (χ0) is 18.8. The fraction of sp³-hybridized carbons (Fsp3) is 0.882. The molecule has 0 aromatic carbocycles. The highest BCUT2D eigenvalue weighted by Crippen LogP contribution is 2.07. The van der Waals surface area contributed by atoms with E-state index in [9.17, 15) is 9.59 Å². The highest BCUT2D eigenvalue weighted by atomic mass is 16.6. The summed E-state index contributed by atoms with van der Waals surface area (Å²) < 4.78 is 10.4. The van der Waals surface area contributed by atoms with Gasteiger partial charge in [0.1, 0.15) is 11.2 Å². The first-order valence-corrected chi connectivity index (χ1v) is 8.59. The molecule has 0 aliphatic heterocycles. The average molecular weight is 345 g/mol. The Bertz CT molecular complexity index is 352. The third-order valence-corrected chi connectivity index (χ3v) is 2.73. The molecule has 24 heavy (non-hydrogen) atoms. The van der Waals surface area contributed by atoms with Gasteiger partial charge in [0, 0.05) is 26.2 Å². The molecule has 2 amide bonds. The molecule has 7 nitrogen and oxygen atoms in total. The Kier molecular flexibility index (Phi) is 9.73. The molecule has 0 unspecified atom stereocenters. The number of ether oxygens (including phenoxy) is 2. The van der Waals surface area contributed by atoms with Gasteiger partial charge in [-0.15, -0.1) is 0 Å². The van der Waals surface area contributed by atoms with Crippen LogP contribution in [0.5, 0.6) is 0 Å². The molecule has 7 heteroatoms. The second-order valence-corrected chi connectivity index (χ2v) is 7.70. The molecule has 0 heterocycles. The fourth-order valence-corrected chi connectivity index (χ4v) is 1.91. The largest absolute Gasteiger partial charge is 0.444 e. The molecular formula is C17H35N3O4. The molecule has 0 fully saturated rings. The summed E-state index contributed by atoms with van der Waals surface area (Å²) in [5.74, 6) is 0. The van der Waals surface area contributed by atoms with Crippen LogP contribution in [0.25, 0.3) is 0 Å². The number of rotatable bonds is 8. The number of hydrogen-bond donors (Lipinski definition) is 2. The standard InChI is InChI=1S/C17H35N3O4/c1-8-11-20(12-9-18-14(21)23-16(2,3)4)13-10-19-15(22)24-17(5,6)7/h8-13H2,1-7H3,(H,18,21)(H,19,22). The fourth-order valence-electron chi connectivity index (χ4n) is 1.91. The van der Waals surface area contributed by atoms with Crippen LogP contribution < -0.4 is 10.6 Å². The predicted molar refractivity (Wildman–Crippen MR) is 95.2 cm³/mol. The maximum absolute atomic E-state index is 11.6. The number of alkyl carbamates (subject to hydrolysis) is 2. The lowest BCUT2D eigenvalue weighted by atomic mass is 10.2. The Labute approximate surface area is 146 Å². The van der Waals surface area contributed by atoms with Gasteiger partial charge in [-0.2, -0.15) is 0 Å². The van der Waals surface area contributed by atoms with E-state index in [1.165, 1.54) is 0 Å². The number of nitrogens with zero attached hydrogens (tertiary/aromatic N) is 1. The zero-order valence-electron chi connectivity index (χ0n) is 16.3. The van der Waals surface area contributed by atoms with Gasteiger partial charge in [0.2, 0.25) is 0 Å². The maximum atomic E-state index is 11.6. The van der Waals surface area contributed by atoms with Crippen molar-refractivity contribution in [3.8, 4) is 0 Å². The first kappa shape index (κ1) is 22.5. The van der Waals surface area contributed by atoms with E-state index in [1.54, 1.807) is 0 Å². The van der Waals surface area contributed by atoms with Crippen LogP contribution in [-0.4, -0.2) is 61.0 Å². The molecule has 2 N–H and O–H groups in total. The molecule has 0 bridgehead atoms. The lowest BCUT2D eigenvalue weighted by molar-refractivity contribution is 0.0520. The molecule has 0 aliphatic rings. The van der Waals surface area contributed by atoms with Crippen LogP contribution >= 0.6 is 0 Å². The van der Waals surface area contributed by atoms with E-state index < -0.39 is 23.4 Å². The molecular weight excluding hydrogens is 310 g/mol.